The smallest absolute Gasteiger partial charge is 0.191 e. The minimum Gasteiger partial charge on any atom is -0.494 e. The maximum Gasteiger partial charge on any atom is 0.191 e. The van der Waals surface area contributed by atoms with E-state index in [9.17, 15) is 8.42 Å². The van der Waals surface area contributed by atoms with Crippen LogP contribution in [0.5, 0.6) is 5.75 Å². The second-order valence-electron chi connectivity index (χ2n) is 5.48. The van der Waals surface area contributed by atoms with Gasteiger partial charge >= 0.3 is 0 Å². The fourth-order valence-electron chi connectivity index (χ4n) is 1.88. The summed E-state index contributed by atoms with van der Waals surface area (Å²) in [5.74, 6) is 1.71. The fourth-order valence-corrected chi connectivity index (χ4v) is 2.66. The lowest BCUT2D eigenvalue weighted by atomic mass is 10.3. The molecule has 138 valence electrons. The van der Waals surface area contributed by atoms with Gasteiger partial charge in [-0.1, -0.05) is 18.2 Å². The Bertz CT molecular complexity index is 579. The van der Waals surface area contributed by atoms with E-state index in [1.54, 1.807) is 7.05 Å². The molecule has 24 heavy (non-hydrogen) atoms. The number of nitrogens with zero attached hydrogens (tertiary/aromatic N) is 1. The largest absolute Gasteiger partial charge is 0.494 e. The Labute approximate surface area is 162 Å². The zero-order valence-electron chi connectivity index (χ0n) is 14.5. The number of sulfone groups is 1. The molecule has 0 fully saturated rings. The van der Waals surface area contributed by atoms with Crippen LogP contribution in [0.15, 0.2) is 35.3 Å². The van der Waals surface area contributed by atoms with Crippen molar-refractivity contribution in [3.05, 3.63) is 30.3 Å². The van der Waals surface area contributed by atoms with Gasteiger partial charge < -0.3 is 15.4 Å². The summed E-state index contributed by atoms with van der Waals surface area (Å²) in [6.45, 7) is 3.29. The van der Waals surface area contributed by atoms with E-state index in [2.05, 4.69) is 15.6 Å². The molecule has 1 rings (SSSR count). The summed E-state index contributed by atoms with van der Waals surface area (Å²) in [6.07, 6.45) is 2.64. The van der Waals surface area contributed by atoms with E-state index >= 15 is 0 Å². The maximum atomic E-state index is 11.2. The van der Waals surface area contributed by atoms with Crippen LogP contribution in [0.2, 0.25) is 0 Å². The molecule has 2 N–H and O–H groups in total. The number of aliphatic imine (C=N–C) groups is 1. The molecule has 8 heteroatoms. The number of nitrogens with one attached hydrogen (secondary N) is 2. The standard InChI is InChI=1S/C16H27N3O3S.HI/c1-14(10-13-23(3,20)21)19-16(17-2)18-11-7-12-22-15-8-5-4-6-9-15;/h4-6,8-9,14H,7,10-13H2,1-3H3,(H2,17,18,19);1H. The molecule has 1 atom stereocenters. The highest BCUT2D eigenvalue weighted by atomic mass is 127. The van der Waals surface area contributed by atoms with Gasteiger partial charge in [0.1, 0.15) is 15.6 Å². The molecule has 0 heterocycles. The zero-order chi connectivity index (χ0) is 17.1. The quantitative estimate of drug-likeness (QED) is 0.251. The summed E-state index contributed by atoms with van der Waals surface area (Å²) < 4.78 is 27.9. The minimum absolute atomic E-state index is 0. The third kappa shape index (κ3) is 11.5. The molecule has 0 bridgehead atoms. The van der Waals surface area contributed by atoms with Gasteiger partial charge in [-0.15, -0.1) is 24.0 Å². The molecule has 0 amide bonds. The highest BCUT2D eigenvalue weighted by Gasteiger charge is 2.09. The first-order chi connectivity index (χ1) is 10.9. The van der Waals surface area contributed by atoms with Crippen molar-refractivity contribution in [2.24, 2.45) is 4.99 Å². The van der Waals surface area contributed by atoms with Crippen molar-refractivity contribution >= 4 is 39.8 Å². The van der Waals surface area contributed by atoms with E-state index in [4.69, 9.17) is 4.74 Å². The molecule has 1 aromatic carbocycles. The van der Waals surface area contributed by atoms with Crippen molar-refractivity contribution < 1.29 is 13.2 Å². The Morgan fingerprint density at radius 1 is 1.29 bits per heavy atom. The van der Waals surface area contributed by atoms with E-state index in [0.29, 0.717) is 19.0 Å². The number of guanidine groups is 1. The van der Waals surface area contributed by atoms with Crippen molar-refractivity contribution in [1.29, 1.82) is 0 Å². The third-order valence-electron chi connectivity index (χ3n) is 3.15. The van der Waals surface area contributed by atoms with Gasteiger partial charge in [0.25, 0.3) is 0 Å². The molecule has 0 spiro atoms. The number of rotatable bonds is 9. The Morgan fingerprint density at radius 3 is 2.54 bits per heavy atom. The van der Waals surface area contributed by atoms with Crippen molar-refractivity contribution in [2.75, 3.05) is 32.2 Å². The molecule has 0 aliphatic carbocycles. The maximum absolute atomic E-state index is 11.2. The number of ether oxygens (including phenoxy) is 1. The number of hydrogen-bond donors (Lipinski definition) is 2. The predicted octanol–water partition coefficient (Wildman–Crippen LogP) is 2.06. The molecular formula is C16H28IN3O3S. The van der Waals surface area contributed by atoms with Crippen molar-refractivity contribution in [2.45, 2.75) is 25.8 Å². The Balaban J connectivity index is 0.00000529. The monoisotopic (exact) mass is 469 g/mol. The van der Waals surface area contributed by atoms with Gasteiger partial charge in [-0.25, -0.2) is 8.42 Å². The zero-order valence-corrected chi connectivity index (χ0v) is 17.6. The number of benzene rings is 1. The lowest BCUT2D eigenvalue weighted by molar-refractivity contribution is 0.311. The lowest BCUT2D eigenvalue weighted by Gasteiger charge is -2.17. The SMILES string of the molecule is CN=C(NCCCOc1ccccc1)NC(C)CCS(C)(=O)=O.I. The molecular weight excluding hydrogens is 441 g/mol. The fraction of sp³-hybridized carbons (Fsp3) is 0.562. The average molecular weight is 469 g/mol. The Kier molecular flexibility index (Phi) is 11.8. The van der Waals surface area contributed by atoms with Crippen LogP contribution < -0.4 is 15.4 Å². The first kappa shape index (κ1) is 23.0. The highest BCUT2D eigenvalue weighted by Crippen LogP contribution is 2.07. The summed E-state index contributed by atoms with van der Waals surface area (Å²) in [7, 11) is -1.24. The molecule has 6 nitrogen and oxygen atoms in total. The first-order valence-electron chi connectivity index (χ1n) is 7.73. The normalized spacial score (nSPS) is 12.9. The van der Waals surface area contributed by atoms with Gasteiger partial charge in [-0.05, 0) is 31.9 Å². The van der Waals surface area contributed by atoms with E-state index in [1.165, 1.54) is 6.26 Å². The number of hydrogen-bond acceptors (Lipinski definition) is 4. The third-order valence-corrected chi connectivity index (χ3v) is 4.13. The second-order valence-corrected chi connectivity index (χ2v) is 7.74. The average Bonchev–Trinajstić information content (AvgIpc) is 2.52. The van der Waals surface area contributed by atoms with E-state index in [0.717, 1.165) is 18.7 Å². The van der Waals surface area contributed by atoms with Gasteiger partial charge in [-0.2, -0.15) is 0 Å². The minimum atomic E-state index is -2.93. The van der Waals surface area contributed by atoms with Crippen molar-refractivity contribution in [3.8, 4) is 5.75 Å². The second kappa shape index (κ2) is 12.3. The van der Waals surface area contributed by atoms with Crippen LogP contribution >= 0.6 is 24.0 Å². The molecule has 0 saturated heterocycles. The summed E-state index contributed by atoms with van der Waals surface area (Å²) in [5, 5.41) is 6.37. The van der Waals surface area contributed by atoms with Gasteiger partial charge in [0.15, 0.2) is 5.96 Å². The highest BCUT2D eigenvalue weighted by molar-refractivity contribution is 14.0. The molecule has 0 saturated carbocycles. The van der Waals surface area contributed by atoms with Gasteiger partial charge in [-0.3, -0.25) is 4.99 Å². The van der Waals surface area contributed by atoms with Crippen LogP contribution in [-0.2, 0) is 9.84 Å². The van der Waals surface area contributed by atoms with E-state index in [-0.39, 0.29) is 35.8 Å². The topological polar surface area (TPSA) is 79.8 Å². The molecule has 1 unspecified atom stereocenters. The van der Waals surface area contributed by atoms with Crippen LogP contribution in [0.1, 0.15) is 19.8 Å². The van der Waals surface area contributed by atoms with Crippen LogP contribution in [0.25, 0.3) is 0 Å². The van der Waals surface area contributed by atoms with Crippen molar-refractivity contribution in [3.63, 3.8) is 0 Å². The molecule has 0 aromatic heterocycles. The van der Waals surface area contributed by atoms with Crippen LogP contribution in [0, 0.1) is 0 Å². The van der Waals surface area contributed by atoms with Gasteiger partial charge in [0.2, 0.25) is 0 Å². The summed E-state index contributed by atoms with van der Waals surface area (Å²) in [5.41, 5.74) is 0. The number of para-hydroxylation sites is 1. The van der Waals surface area contributed by atoms with E-state index in [1.807, 2.05) is 37.3 Å². The van der Waals surface area contributed by atoms with Gasteiger partial charge in [0, 0.05) is 25.9 Å². The summed E-state index contributed by atoms with van der Waals surface area (Å²) >= 11 is 0. The van der Waals surface area contributed by atoms with Crippen LogP contribution in [0.4, 0.5) is 0 Å². The predicted molar refractivity (Wildman–Crippen MR) is 110 cm³/mol. The van der Waals surface area contributed by atoms with Crippen molar-refractivity contribution in [1.82, 2.24) is 10.6 Å². The van der Waals surface area contributed by atoms with Crippen LogP contribution in [-0.4, -0.2) is 52.6 Å². The Morgan fingerprint density at radius 2 is 1.96 bits per heavy atom. The van der Waals surface area contributed by atoms with E-state index < -0.39 is 9.84 Å². The number of halogens is 1. The van der Waals surface area contributed by atoms with Crippen LogP contribution in [0.3, 0.4) is 0 Å². The molecule has 0 aliphatic heterocycles. The molecule has 0 aliphatic rings. The molecule has 0 radical (unpaired) electrons. The lowest BCUT2D eigenvalue weighted by Crippen LogP contribution is -2.43. The molecule has 1 aromatic rings. The summed E-state index contributed by atoms with van der Waals surface area (Å²) in [6, 6.07) is 9.73. The first-order valence-corrected chi connectivity index (χ1v) is 9.79. The Hall–Kier alpha value is -1.03. The summed E-state index contributed by atoms with van der Waals surface area (Å²) in [4.78, 5) is 4.13. The van der Waals surface area contributed by atoms with Gasteiger partial charge in [0.05, 0.1) is 12.4 Å².